The van der Waals surface area contributed by atoms with Gasteiger partial charge in [-0.3, -0.25) is 4.79 Å². The highest BCUT2D eigenvalue weighted by Gasteiger charge is 2.12. The fraction of sp³-hybridized carbons (Fsp3) is 0.231. The average Bonchev–Trinajstić information content (AvgIpc) is 2.40. The maximum absolute atomic E-state index is 12.1. The molecule has 0 radical (unpaired) electrons. The Morgan fingerprint density at radius 3 is 2.50 bits per heavy atom. The Labute approximate surface area is 126 Å². The highest BCUT2D eigenvalue weighted by Crippen LogP contribution is 2.18. The van der Waals surface area contributed by atoms with E-state index in [1.165, 1.54) is 6.07 Å². The number of nitrogens with one attached hydrogen (secondary N) is 1. The lowest BCUT2D eigenvalue weighted by atomic mass is 10.1. The lowest BCUT2D eigenvalue weighted by Gasteiger charge is -2.08. The Balaban J connectivity index is 2.22. The Kier molecular flexibility index (Phi) is 4.52. The van der Waals surface area contributed by atoms with Crippen LogP contribution in [0.1, 0.15) is 35.8 Å². The zero-order valence-electron chi connectivity index (χ0n) is 10.9. The highest BCUT2D eigenvalue weighted by atomic mass is 35.5. The second kappa shape index (κ2) is 6.15. The molecule has 2 rings (SSSR count). The number of amides is 1. The SMILES string of the molecule is CC(C)c1cc(C(=O)Nc2ccc(Cl)nn2)cc(Cl)n1. The van der Waals surface area contributed by atoms with Crippen LogP contribution in [0.25, 0.3) is 0 Å². The van der Waals surface area contributed by atoms with Crippen molar-refractivity contribution in [3.05, 3.63) is 45.8 Å². The van der Waals surface area contributed by atoms with Crippen LogP contribution in [0.4, 0.5) is 5.82 Å². The van der Waals surface area contributed by atoms with E-state index in [0.717, 1.165) is 5.69 Å². The third kappa shape index (κ3) is 3.65. The molecule has 0 aromatic carbocycles. The molecule has 0 saturated carbocycles. The van der Waals surface area contributed by atoms with Gasteiger partial charge in [-0.15, -0.1) is 10.2 Å². The first-order valence-corrected chi connectivity index (χ1v) is 6.69. The van der Waals surface area contributed by atoms with Crippen LogP contribution in [0.5, 0.6) is 0 Å². The van der Waals surface area contributed by atoms with Crippen molar-refractivity contribution in [1.82, 2.24) is 15.2 Å². The molecule has 2 aromatic rings. The molecule has 2 aromatic heterocycles. The fourth-order valence-corrected chi connectivity index (χ4v) is 1.83. The van der Waals surface area contributed by atoms with Crippen molar-refractivity contribution in [3.8, 4) is 0 Å². The van der Waals surface area contributed by atoms with E-state index in [1.54, 1.807) is 18.2 Å². The Bertz CT molecular complexity index is 629. The van der Waals surface area contributed by atoms with Gasteiger partial charge in [-0.25, -0.2) is 4.98 Å². The van der Waals surface area contributed by atoms with Crippen molar-refractivity contribution in [2.24, 2.45) is 0 Å². The summed E-state index contributed by atoms with van der Waals surface area (Å²) in [6.07, 6.45) is 0. The molecule has 0 aliphatic rings. The van der Waals surface area contributed by atoms with Crippen LogP contribution in [0.15, 0.2) is 24.3 Å². The van der Waals surface area contributed by atoms with Crippen molar-refractivity contribution in [2.45, 2.75) is 19.8 Å². The zero-order valence-corrected chi connectivity index (χ0v) is 12.4. The van der Waals surface area contributed by atoms with Gasteiger partial charge in [0.05, 0.1) is 0 Å². The minimum Gasteiger partial charge on any atom is -0.305 e. The zero-order chi connectivity index (χ0) is 14.7. The molecular weight excluding hydrogens is 299 g/mol. The van der Waals surface area contributed by atoms with E-state index in [1.807, 2.05) is 13.8 Å². The minimum atomic E-state index is -0.326. The van der Waals surface area contributed by atoms with E-state index in [2.05, 4.69) is 20.5 Å². The molecule has 0 atom stereocenters. The van der Waals surface area contributed by atoms with Gasteiger partial charge in [0.25, 0.3) is 5.91 Å². The highest BCUT2D eigenvalue weighted by molar-refractivity contribution is 6.30. The van der Waals surface area contributed by atoms with Gasteiger partial charge in [0.1, 0.15) is 5.15 Å². The van der Waals surface area contributed by atoms with Crippen molar-refractivity contribution >= 4 is 34.9 Å². The van der Waals surface area contributed by atoms with Crippen LogP contribution in [-0.2, 0) is 0 Å². The van der Waals surface area contributed by atoms with Crippen molar-refractivity contribution < 1.29 is 4.79 Å². The van der Waals surface area contributed by atoms with Gasteiger partial charge in [-0.05, 0) is 30.2 Å². The summed E-state index contributed by atoms with van der Waals surface area (Å²) in [6.45, 7) is 3.95. The second-order valence-electron chi connectivity index (χ2n) is 4.45. The summed E-state index contributed by atoms with van der Waals surface area (Å²) in [5.74, 6) is 0.168. The molecule has 0 aliphatic heterocycles. The first-order chi connectivity index (χ1) is 9.45. The molecule has 20 heavy (non-hydrogen) atoms. The van der Waals surface area contributed by atoms with Crippen LogP contribution in [0, 0.1) is 0 Å². The van der Waals surface area contributed by atoms with Crippen LogP contribution in [0.2, 0.25) is 10.3 Å². The van der Waals surface area contributed by atoms with E-state index in [-0.39, 0.29) is 22.1 Å². The number of hydrogen-bond acceptors (Lipinski definition) is 4. The Morgan fingerprint density at radius 1 is 1.15 bits per heavy atom. The summed E-state index contributed by atoms with van der Waals surface area (Å²) in [4.78, 5) is 16.3. The van der Waals surface area contributed by atoms with Gasteiger partial charge in [0.15, 0.2) is 11.0 Å². The molecule has 7 heteroatoms. The van der Waals surface area contributed by atoms with Gasteiger partial charge in [0, 0.05) is 11.3 Å². The summed E-state index contributed by atoms with van der Waals surface area (Å²) >= 11 is 11.6. The summed E-state index contributed by atoms with van der Waals surface area (Å²) in [6, 6.07) is 6.32. The predicted octanol–water partition coefficient (Wildman–Crippen LogP) is 3.55. The lowest BCUT2D eigenvalue weighted by Crippen LogP contribution is -2.14. The topological polar surface area (TPSA) is 67.8 Å². The molecule has 1 amide bonds. The first kappa shape index (κ1) is 14.7. The number of carbonyl (C=O) groups is 1. The number of carbonyl (C=O) groups excluding carboxylic acids is 1. The number of anilines is 1. The quantitative estimate of drug-likeness (QED) is 0.880. The van der Waals surface area contributed by atoms with E-state index in [4.69, 9.17) is 23.2 Å². The summed E-state index contributed by atoms with van der Waals surface area (Å²) < 4.78 is 0. The minimum absolute atomic E-state index is 0.176. The molecule has 0 fully saturated rings. The molecule has 0 saturated heterocycles. The molecule has 0 unspecified atom stereocenters. The van der Waals surface area contributed by atoms with Crippen LogP contribution >= 0.6 is 23.2 Å². The standard InChI is InChI=1S/C13H12Cl2N4O/c1-7(2)9-5-8(6-11(15)16-9)13(20)17-12-4-3-10(14)18-19-12/h3-7H,1-2H3,(H,17,19,20). The second-order valence-corrected chi connectivity index (χ2v) is 5.23. The van der Waals surface area contributed by atoms with Gasteiger partial charge in [-0.1, -0.05) is 37.0 Å². The van der Waals surface area contributed by atoms with Gasteiger partial charge < -0.3 is 5.32 Å². The number of rotatable bonds is 3. The molecule has 0 bridgehead atoms. The smallest absolute Gasteiger partial charge is 0.257 e. The van der Waals surface area contributed by atoms with E-state index >= 15 is 0 Å². The Hall–Kier alpha value is -1.72. The molecule has 2 heterocycles. The molecule has 1 N–H and O–H groups in total. The summed E-state index contributed by atoms with van der Waals surface area (Å²) in [7, 11) is 0. The van der Waals surface area contributed by atoms with Gasteiger partial charge >= 0.3 is 0 Å². The average molecular weight is 311 g/mol. The summed E-state index contributed by atoms with van der Waals surface area (Å²) in [5.41, 5.74) is 1.18. The summed E-state index contributed by atoms with van der Waals surface area (Å²) in [5, 5.41) is 10.6. The third-order valence-corrected chi connectivity index (χ3v) is 2.94. The molecular formula is C13H12Cl2N4O. The van der Waals surface area contributed by atoms with Crippen LogP contribution in [0.3, 0.4) is 0 Å². The van der Waals surface area contributed by atoms with E-state index < -0.39 is 0 Å². The number of nitrogens with zero attached hydrogens (tertiary/aromatic N) is 3. The maximum atomic E-state index is 12.1. The van der Waals surface area contributed by atoms with Crippen molar-refractivity contribution in [1.29, 1.82) is 0 Å². The normalized spacial score (nSPS) is 10.7. The van der Waals surface area contributed by atoms with Crippen LogP contribution < -0.4 is 5.32 Å². The van der Waals surface area contributed by atoms with Gasteiger partial charge in [0.2, 0.25) is 0 Å². The molecule has 0 aliphatic carbocycles. The number of hydrogen-bond donors (Lipinski definition) is 1. The van der Waals surface area contributed by atoms with Crippen molar-refractivity contribution in [2.75, 3.05) is 5.32 Å². The Morgan fingerprint density at radius 2 is 1.90 bits per heavy atom. The maximum Gasteiger partial charge on any atom is 0.257 e. The van der Waals surface area contributed by atoms with E-state index in [9.17, 15) is 4.79 Å². The lowest BCUT2D eigenvalue weighted by molar-refractivity contribution is 0.102. The fourth-order valence-electron chi connectivity index (χ4n) is 1.52. The van der Waals surface area contributed by atoms with Crippen molar-refractivity contribution in [3.63, 3.8) is 0 Å². The largest absolute Gasteiger partial charge is 0.305 e. The first-order valence-electron chi connectivity index (χ1n) is 5.94. The van der Waals surface area contributed by atoms with E-state index in [0.29, 0.717) is 11.4 Å². The monoisotopic (exact) mass is 310 g/mol. The number of aromatic nitrogens is 3. The molecule has 0 spiro atoms. The predicted molar refractivity (Wildman–Crippen MR) is 78.3 cm³/mol. The van der Waals surface area contributed by atoms with Crippen LogP contribution in [-0.4, -0.2) is 21.1 Å². The van der Waals surface area contributed by atoms with Gasteiger partial charge in [-0.2, -0.15) is 0 Å². The molecule has 104 valence electrons. The molecule has 5 nitrogen and oxygen atoms in total. The number of halogens is 2. The number of pyridine rings is 1. The third-order valence-electron chi connectivity index (χ3n) is 2.54.